The number of amides is 1. The van der Waals surface area contributed by atoms with Crippen LogP contribution < -0.4 is 9.62 Å². The van der Waals surface area contributed by atoms with Gasteiger partial charge in [0.15, 0.2) is 4.34 Å². The number of sulfonamides is 1. The first-order valence-electron chi connectivity index (χ1n) is 11.0. The number of aromatic nitrogens is 2. The molecule has 0 atom stereocenters. The van der Waals surface area contributed by atoms with E-state index in [2.05, 4.69) is 43.2 Å². The highest BCUT2D eigenvalue weighted by molar-refractivity contribution is 8.01. The molecule has 1 heterocycles. The number of hydrogen-bond donors (Lipinski definition) is 1. The molecule has 1 aromatic heterocycles. The van der Waals surface area contributed by atoms with Gasteiger partial charge in [0.1, 0.15) is 6.54 Å². The molecule has 7 nitrogen and oxygen atoms in total. The van der Waals surface area contributed by atoms with Gasteiger partial charge in [0.2, 0.25) is 11.0 Å². The standard InChI is InChI=1S/C24H30N4O3S3/c1-16(2)15-32-24-27-26-23(33-24)25-22(29)14-28(20-10-8-19(9-11-20)17(3)4)34(30,31)21-12-6-18(5)7-13-21/h6-13,16-17H,14-15H2,1-5H3,(H,25,26,29). The van der Waals surface area contributed by atoms with E-state index in [1.165, 1.54) is 11.3 Å². The van der Waals surface area contributed by atoms with Gasteiger partial charge < -0.3 is 0 Å². The highest BCUT2D eigenvalue weighted by Crippen LogP contribution is 2.28. The summed E-state index contributed by atoms with van der Waals surface area (Å²) >= 11 is 2.86. The first-order valence-corrected chi connectivity index (χ1v) is 14.3. The van der Waals surface area contributed by atoms with Crippen LogP contribution in [0.3, 0.4) is 0 Å². The fraction of sp³-hybridized carbons (Fsp3) is 0.375. The van der Waals surface area contributed by atoms with Crippen LogP contribution in [-0.4, -0.2) is 36.8 Å². The third-order valence-corrected chi connectivity index (χ3v) is 9.12. The molecule has 0 aliphatic rings. The zero-order chi connectivity index (χ0) is 24.9. The SMILES string of the molecule is Cc1ccc(S(=O)(=O)N(CC(=O)Nc2nnc(SCC(C)C)s2)c2ccc(C(C)C)cc2)cc1. The van der Waals surface area contributed by atoms with Crippen LogP contribution in [0.5, 0.6) is 0 Å². The summed E-state index contributed by atoms with van der Waals surface area (Å²) in [7, 11) is -3.97. The average Bonchev–Trinajstić information content (AvgIpc) is 3.23. The van der Waals surface area contributed by atoms with Crippen molar-refractivity contribution in [2.24, 2.45) is 5.92 Å². The molecule has 1 amide bonds. The first-order chi connectivity index (χ1) is 16.1. The predicted molar refractivity (Wildman–Crippen MR) is 140 cm³/mol. The third-order valence-electron chi connectivity index (χ3n) is 4.94. The van der Waals surface area contributed by atoms with Crippen molar-refractivity contribution in [1.29, 1.82) is 0 Å². The second kappa shape index (κ2) is 11.3. The smallest absolute Gasteiger partial charge is 0.264 e. The topological polar surface area (TPSA) is 92.3 Å². The Bertz CT molecular complexity index is 1210. The molecule has 0 aliphatic heterocycles. The summed E-state index contributed by atoms with van der Waals surface area (Å²) in [6.07, 6.45) is 0. The lowest BCUT2D eigenvalue weighted by Crippen LogP contribution is -2.38. The van der Waals surface area contributed by atoms with Crippen LogP contribution >= 0.6 is 23.1 Å². The summed E-state index contributed by atoms with van der Waals surface area (Å²) < 4.78 is 28.9. The van der Waals surface area contributed by atoms with Gasteiger partial charge in [0.05, 0.1) is 10.6 Å². The maximum absolute atomic E-state index is 13.5. The molecule has 1 N–H and O–H groups in total. The lowest BCUT2D eigenvalue weighted by Gasteiger charge is -2.24. The van der Waals surface area contributed by atoms with E-state index in [-0.39, 0.29) is 11.4 Å². The maximum Gasteiger partial charge on any atom is 0.264 e. The lowest BCUT2D eigenvalue weighted by molar-refractivity contribution is -0.114. The number of hydrogen-bond acceptors (Lipinski definition) is 7. The van der Waals surface area contributed by atoms with Gasteiger partial charge in [0.25, 0.3) is 10.0 Å². The first kappa shape index (κ1) is 26.2. The van der Waals surface area contributed by atoms with Crippen molar-refractivity contribution in [2.75, 3.05) is 21.9 Å². The van der Waals surface area contributed by atoms with Gasteiger partial charge in [-0.05, 0) is 48.6 Å². The van der Waals surface area contributed by atoms with Gasteiger partial charge in [-0.1, -0.05) is 80.6 Å². The van der Waals surface area contributed by atoms with Crippen LogP contribution in [0, 0.1) is 12.8 Å². The Balaban J connectivity index is 1.85. The van der Waals surface area contributed by atoms with E-state index in [0.29, 0.717) is 22.7 Å². The number of nitrogens with one attached hydrogen (secondary N) is 1. The van der Waals surface area contributed by atoms with E-state index >= 15 is 0 Å². The molecule has 0 bridgehead atoms. The highest BCUT2D eigenvalue weighted by Gasteiger charge is 2.27. The molecular weight excluding hydrogens is 488 g/mol. The molecule has 10 heteroatoms. The molecule has 0 unspecified atom stereocenters. The molecule has 0 saturated carbocycles. The van der Waals surface area contributed by atoms with E-state index < -0.39 is 15.9 Å². The zero-order valence-corrected chi connectivity index (χ0v) is 22.4. The number of aryl methyl sites for hydroxylation is 1. The van der Waals surface area contributed by atoms with Gasteiger partial charge >= 0.3 is 0 Å². The van der Waals surface area contributed by atoms with E-state index in [1.807, 2.05) is 19.1 Å². The van der Waals surface area contributed by atoms with Crippen LogP contribution in [0.25, 0.3) is 0 Å². The third kappa shape index (κ3) is 6.80. The molecule has 0 aliphatic carbocycles. The number of anilines is 2. The van der Waals surface area contributed by atoms with E-state index in [0.717, 1.165) is 25.5 Å². The Morgan fingerprint density at radius 3 is 2.26 bits per heavy atom. The summed E-state index contributed by atoms with van der Waals surface area (Å²) in [5.74, 6) is 1.23. The molecule has 182 valence electrons. The Hall–Kier alpha value is -2.43. The van der Waals surface area contributed by atoms with Crippen molar-refractivity contribution in [1.82, 2.24) is 10.2 Å². The van der Waals surface area contributed by atoms with Gasteiger partial charge in [0, 0.05) is 5.75 Å². The Morgan fingerprint density at radius 1 is 1.03 bits per heavy atom. The van der Waals surface area contributed by atoms with Gasteiger partial charge in [-0.2, -0.15) is 0 Å². The summed E-state index contributed by atoms with van der Waals surface area (Å²) in [4.78, 5) is 13.0. The number of thioether (sulfide) groups is 1. The number of carbonyl (C=O) groups excluding carboxylic acids is 1. The monoisotopic (exact) mass is 518 g/mol. The maximum atomic E-state index is 13.5. The second-order valence-electron chi connectivity index (χ2n) is 8.70. The minimum Gasteiger partial charge on any atom is -0.299 e. The van der Waals surface area contributed by atoms with Crippen molar-refractivity contribution >= 4 is 49.8 Å². The molecular formula is C24H30N4O3S3. The highest BCUT2D eigenvalue weighted by atomic mass is 32.2. The summed E-state index contributed by atoms with van der Waals surface area (Å²) in [6.45, 7) is 9.88. The van der Waals surface area contributed by atoms with Gasteiger partial charge in [-0.15, -0.1) is 10.2 Å². The minimum atomic E-state index is -3.97. The van der Waals surface area contributed by atoms with E-state index in [4.69, 9.17) is 0 Å². The molecule has 0 spiro atoms. The van der Waals surface area contributed by atoms with Gasteiger partial charge in [-0.3, -0.25) is 14.4 Å². The van der Waals surface area contributed by atoms with Crippen molar-refractivity contribution < 1.29 is 13.2 Å². The second-order valence-corrected chi connectivity index (χ2v) is 12.8. The lowest BCUT2D eigenvalue weighted by atomic mass is 10.0. The summed E-state index contributed by atoms with van der Waals surface area (Å²) in [5.41, 5.74) is 2.46. The fourth-order valence-electron chi connectivity index (χ4n) is 3.02. The molecule has 3 aromatic rings. The number of carbonyl (C=O) groups is 1. The normalized spacial score (nSPS) is 11.7. The number of nitrogens with zero attached hydrogens (tertiary/aromatic N) is 3. The van der Waals surface area contributed by atoms with Crippen molar-refractivity contribution in [3.63, 3.8) is 0 Å². The molecule has 0 radical (unpaired) electrons. The molecule has 3 rings (SSSR count). The fourth-order valence-corrected chi connectivity index (χ4v) is 6.19. The number of benzene rings is 2. The van der Waals surface area contributed by atoms with Crippen LogP contribution in [0.2, 0.25) is 0 Å². The minimum absolute atomic E-state index is 0.127. The van der Waals surface area contributed by atoms with E-state index in [1.54, 1.807) is 48.2 Å². The molecule has 2 aromatic carbocycles. The van der Waals surface area contributed by atoms with Crippen LogP contribution in [-0.2, 0) is 14.8 Å². The van der Waals surface area contributed by atoms with Crippen LogP contribution in [0.4, 0.5) is 10.8 Å². The Labute approximate surface area is 210 Å². The van der Waals surface area contributed by atoms with Crippen LogP contribution in [0.1, 0.15) is 44.7 Å². The molecule has 0 saturated heterocycles. The zero-order valence-electron chi connectivity index (χ0n) is 20.0. The quantitative estimate of drug-likeness (QED) is 0.279. The van der Waals surface area contributed by atoms with Crippen molar-refractivity contribution in [3.8, 4) is 0 Å². The number of rotatable bonds is 10. The summed E-state index contributed by atoms with van der Waals surface area (Å²) in [6, 6.07) is 13.8. The molecule has 34 heavy (non-hydrogen) atoms. The predicted octanol–water partition coefficient (Wildman–Crippen LogP) is 5.55. The largest absolute Gasteiger partial charge is 0.299 e. The molecule has 0 fully saturated rings. The van der Waals surface area contributed by atoms with Crippen molar-refractivity contribution in [3.05, 3.63) is 59.7 Å². The summed E-state index contributed by atoms with van der Waals surface area (Å²) in [5, 5.41) is 11.2. The average molecular weight is 519 g/mol. The van der Waals surface area contributed by atoms with Gasteiger partial charge in [-0.25, -0.2) is 8.42 Å². The Morgan fingerprint density at radius 2 is 1.68 bits per heavy atom. The van der Waals surface area contributed by atoms with Crippen LogP contribution in [0.15, 0.2) is 57.8 Å². The van der Waals surface area contributed by atoms with Crippen molar-refractivity contribution in [2.45, 2.75) is 49.8 Å². The Kier molecular flexibility index (Phi) is 8.72. The van der Waals surface area contributed by atoms with E-state index in [9.17, 15) is 13.2 Å².